The van der Waals surface area contributed by atoms with Gasteiger partial charge in [-0.25, -0.2) is 4.39 Å². The zero-order chi connectivity index (χ0) is 13.9. The van der Waals surface area contributed by atoms with Gasteiger partial charge < -0.3 is 10.4 Å². The predicted octanol–water partition coefficient (Wildman–Crippen LogP) is 1.82. The second kappa shape index (κ2) is 5.22. The first-order chi connectivity index (χ1) is 9.03. The number of aliphatic carboxylic acids is 1. The molecule has 2 N–H and O–H groups in total. The van der Waals surface area contributed by atoms with E-state index in [9.17, 15) is 14.0 Å². The van der Waals surface area contributed by atoms with Crippen molar-refractivity contribution in [3.05, 3.63) is 41.7 Å². The molecule has 1 saturated carbocycles. The zero-order valence-corrected chi connectivity index (χ0v) is 10.2. The second-order valence-electron chi connectivity index (χ2n) is 4.66. The Morgan fingerprint density at radius 2 is 2.05 bits per heavy atom. The highest BCUT2D eigenvalue weighted by molar-refractivity contribution is 5.92. The summed E-state index contributed by atoms with van der Waals surface area (Å²) in [6.45, 7) is 0.114. The quantitative estimate of drug-likeness (QED) is 0.796. The van der Waals surface area contributed by atoms with Gasteiger partial charge in [0.1, 0.15) is 5.82 Å². The molecule has 5 heteroatoms. The molecular formula is C14H14FNO3. The Hall–Kier alpha value is -2.17. The first-order valence-electron chi connectivity index (χ1n) is 5.97. The van der Waals surface area contributed by atoms with Crippen molar-refractivity contribution in [1.82, 2.24) is 5.32 Å². The normalized spacial score (nSPS) is 16.3. The van der Waals surface area contributed by atoms with E-state index in [0.29, 0.717) is 18.4 Å². The van der Waals surface area contributed by atoms with Crippen molar-refractivity contribution in [2.45, 2.75) is 12.8 Å². The van der Waals surface area contributed by atoms with E-state index in [1.54, 1.807) is 18.2 Å². The van der Waals surface area contributed by atoms with Gasteiger partial charge in [-0.2, -0.15) is 0 Å². The molecule has 100 valence electrons. The Morgan fingerprint density at radius 3 is 2.63 bits per heavy atom. The van der Waals surface area contributed by atoms with Gasteiger partial charge in [-0.15, -0.1) is 0 Å². The standard InChI is InChI=1S/C14H14FNO3/c15-11-4-2-1-3-10(11)5-6-12(17)16-9-14(7-8-14)13(18)19/h1-6H,7-9H2,(H,16,17)(H,18,19)/b6-5+. The number of amides is 1. The number of hydrogen-bond acceptors (Lipinski definition) is 2. The van der Waals surface area contributed by atoms with E-state index in [0.717, 1.165) is 0 Å². The van der Waals surface area contributed by atoms with Crippen molar-refractivity contribution >= 4 is 18.0 Å². The molecule has 19 heavy (non-hydrogen) atoms. The molecule has 0 radical (unpaired) electrons. The summed E-state index contributed by atoms with van der Waals surface area (Å²) in [5.74, 6) is -1.71. The summed E-state index contributed by atoms with van der Waals surface area (Å²) in [5, 5.41) is 11.5. The minimum Gasteiger partial charge on any atom is -0.481 e. The molecule has 1 aliphatic rings. The van der Waals surface area contributed by atoms with Gasteiger partial charge in [0.25, 0.3) is 0 Å². The van der Waals surface area contributed by atoms with Gasteiger partial charge in [-0.05, 0) is 25.0 Å². The minimum absolute atomic E-state index is 0.114. The number of carbonyl (C=O) groups is 2. The number of carboxylic acid groups (broad SMARTS) is 1. The minimum atomic E-state index is -0.883. The van der Waals surface area contributed by atoms with E-state index in [1.807, 2.05) is 0 Å². The third kappa shape index (κ3) is 3.19. The average Bonchev–Trinajstić information content (AvgIpc) is 3.16. The van der Waals surface area contributed by atoms with E-state index < -0.39 is 23.1 Å². The number of carboxylic acids is 1. The molecule has 1 fully saturated rings. The fourth-order valence-electron chi connectivity index (χ4n) is 1.71. The van der Waals surface area contributed by atoms with Gasteiger partial charge in [0, 0.05) is 18.2 Å². The van der Waals surface area contributed by atoms with E-state index in [1.165, 1.54) is 18.2 Å². The van der Waals surface area contributed by atoms with Crippen LogP contribution in [0.25, 0.3) is 6.08 Å². The Kier molecular flexibility index (Phi) is 3.64. The maximum Gasteiger partial charge on any atom is 0.311 e. The molecule has 0 aromatic heterocycles. The molecule has 1 aromatic carbocycles. The van der Waals surface area contributed by atoms with Crippen molar-refractivity contribution in [2.75, 3.05) is 6.54 Å². The summed E-state index contributed by atoms with van der Waals surface area (Å²) >= 11 is 0. The van der Waals surface area contributed by atoms with Gasteiger partial charge in [-0.1, -0.05) is 18.2 Å². The molecule has 0 spiro atoms. The molecule has 0 heterocycles. The first-order valence-corrected chi connectivity index (χ1v) is 5.97. The van der Waals surface area contributed by atoms with Crippen molar-refractivity contribution < 1.29 is 19.1 Å². The Labute approximate surface area is 109 Å². The molecule has 0 aliphatic heterocycles. The maximum atomic E-state index is 13.3. The van der Waals surface area contributed by atoms with E-state index in [-0.39, 0.29) is 6.54 Å². The highest BCUT2D eigenvalue weighted by Gasteiger charge is 2.50. The van der Waals surface area contributed by atoms with Crippen LogP contribution in [-0.2, 0) is 9.59 Å². The third-order valence-electron chi connectivity index (χ3n) is 3.23. The van der Waals surface area contributed by atoms with E-state index in [2.05, 4.69) is 5.32 Å². The third-order valence-corrected chi connectivity index (χ3v) is 3.23. The van der Waals surface area contributed by atoms with Crippen LogP contribution in [0.3, 0.4) is 0 Å². The Morgan fingerprint density at radius 1 is 1.37 bits per heavy atom. The van der Waals surface area contributed by atoms with Crippen LogP contribution in [0.2, 0.25) is 0 Å². The lowest BCUT2D eigenvalue weighted by Crippen LogP contribution is -2.33. The number of rotatable bonds is 5. The summed E-state index contributed by atoms with van der Waals surface area (Å²) in [6.07, 6.45) is 3.74. The van der Waals surface area contributed by atoms with E-state index >= 15 is 0 Å². The zero-order valence-electron chi connectivity index (χ0n) is 10.2. The number of carbonyl (C=O) groups excluding carboxylic acids is 1. The van der Waals surface area contributed by atoms with Crippen molar-refractivity contribution in [3.8, 4) is 0 Å². The molecule has 0 bridgehead atoms. The molecule has 0 saturated heterocycles. The smallest absolute Gasteiger partial charge is 0.311 e. The van der Waals surface area contributed by atoms with Gasteiger partial charge in [0.2, 0.25) is 5.91 Å². The highest BCUT2D eigenvalue weighted by Crippen LogP contribution is 2.45. The fourth-order valence-corrected chi connectivity index (χ4v) is 1.71. The largest absolute Gasteiger partial charge is 0.481 e. The second-order valence-corrected chi connectivity index (χ2v) is 4.66. The van der Waals surface area contributed by atoms with Crippen LogP contribution in [0.15, 0.2) is 30.3 Å². The van der Waals surface area contributed by atoms with Crippen molar-refractivity contribution in [3.63, 3.8) is 0 Å². The van der Waals surface area contributed by atoms with Crippen LogP contribution in [0.5, 0.6) is 0 Å². The molecular weight excluding hydrogens is 249 g/mol. The van der Waals surface area contributed by atoms with E-state index in [4.69, 9.17) is 5.11 Å². The van der Waals surface area contributed by atoms with Crippen LogP contribution in [0.4, 0.5) is 4.39 Å². The van der Waals surface area contributed by atoms with Crippen molar-refractivity contribution in [1.29, 1.82) is 0 Å². The lowest BCUT2D eigenvalue weighted by Gasteiger charge is -2.09. The predicted molar refractivity (Wildman–Crippen MR) is 67.7 cm³/mol. The van der Waals surface area contributed by atoms with Gasteiger partial charge >= 0.3 is 5.97 Å². The number of benzene rings is 1. The number of halogens is 1. The lowest BCUT2D eigenvalue weighted by molar-refractivity contribution is -0.143. The highest BCUT2D eigenvalue weighted by atomic mass is 19.1. The van der Waals surface area contributed by atoms with Crippen LogP contribution in [-0.4, -0.2) is 23.5 Å². The summed E-state index contributed by atoms with van der Waals surface area (Å²) in [4.78, 5) is 22.4. The van der Waals surface area contributed by atoms with Crippen LogP contribution in [0, 0.1) is 11.2 Å². The number of nitrogens with one attached hydrogen (secondary N) is 1. The SMILES string of the molecule is O=C(/C=C/c1ccccc1F)NCC1(C(=O)O)CC1. The molecule has 1 amide bonds. The molecule has 2 rings (SSSR count). The molecule has 1 aliphatic carbocycles. The first kappa shape index (κ1) is 13.3. The van der Waals surface area contributed by atoms with Crippen LogP contribution >= 0.6 is 0 Å². The van der Waals surface area contributed by atoms with Gasteiger partial charge in [-0.3, -0.25) is 9.59 Å². The fraction of sp³-hybridized carbons (Fsp3) is 0.286. The monoisotopic (exact) mass is 263 g/mol. The average molecular weight is 263 g/mol. The molecule has 1 aromatic rings. The summed E-state index contributed by atoms with van der Waals surface area (Å²) in [7, 11) is 0. The molecule has 4 nitrogen and oxygen atoms in total. The summed E-state index contributed by atoms with van der Waals surface area (Å²) in [5.41, 5.74) is -0.473. The van der Waals surface area contributed by atoms with Crippen LogP contribution in [0.1, 0.15) is 18.4 Å². The summed E-state index contributed by atoms with van der Waals surface area (Å²) < 4.78 is 13.3. The van der Waals surface area contributed by atoms with Crippen molar-refractivity contribution in [2.24, 2.45) is 5.41 Å². The number of hydrogen-bond donors (Lipinski definition) is 2. The Bertz CT molecular complexity index is 535. The molecule has 0 unspecified atom stereocenters. The Balaban J connectivity index is 1.88. The summed E-state index contributed by atoms with van der Waals surface area (Å²) in [6, 6.07) is 6.10. The van der Waals surface area contributed by atoms with Gasteiger partial charge in [0.05, 0.1) is 5.41 Å². The lowest BCUT2D eigenvalue weighted by atomic mass is 10.1. The topological polar surface area (TPSA) is 66.4 Å². The van der Waals surface area contributed by atoms with Crippen LogP contribution < -0.4 is 5.32 Å². The maximum absolute atomic E-state index is 13.3. The van der Waals surface area contributed by atoms with Gasteiger partial charge in [0.15, 0.2) is 0 Å². The molecule has 0 atom stereocenters.